The van der Waals surface area contributed by atoms with Crippen LogP contribution in [0.2, 0.25) is 0 Å². The summed E-state index contributed by atoms with van der Waals surface area (Å²) in [5.41, 5.74) is 7.06. The van der Waals surface area contributed by atoms with Crippen molar-refractivity contribution in [2.24, 2.45) is 5.73 Å². The van der Waals surface area contributed by atoms with Crippen molar-refractivity contribution >= 4 is 29.4 Å². The van der Waals surface area contributed by atoms with Gasteiger partial charge in [-0.2, -0.15) is 0 Å². The van der Waals surface area contributed by atoms with Gasteiger partial charge in [0.2, 0.25) is 5.91 Å². The van der Waals surface area contributed by atoms with Crippen LogP contribution >= 0.6 is 0 Å². The van der Waals surface area contributed by atoms with Crippen LogP contribution in [0.25, 0.3) is 0 Å². The van der Waals surface area contributed by atoms with E-state index in [2.05, 4.69) is 10.3 Å². The van der Waals surface area contributed by atoms with Crippen molar-refractivity contribution in [2.75, 3.05) is 18.5 Å². The first-order chi connectivity index (χ1) is 13.2. The smallest absolute Gasteiger partial charge is 0.355 e. The zero-order valence-electron chi connectivity index (χ0n) is 15.8. The predicted molar refractivity (Wildman–Crippen MR) is 100 cm³/mol. The highest BCUT2D eigenvalue weighted by atomic mass is 16.5. The Bertz CT molecular complexity index is 914. The molecular weight excluding hydrogens is 366 g/mol. The number of aromatic amines is 1. The summed E-state index contributed by atoms with van der Waals surface area (Å²) < 4.78 is 9.97. The molecule has 1 aromatic heterocycles. The quantitative estimate of drug-likeness (QED) is 0.618. The number of aryl methyl sites for hydroxylation is 1. The molecule has 0 bridgehead atoms. The number of amides is 2. The number of hydrogen-bond donors (Lipinski definition) is 3. The van der Waals surface area contributed by atoms with Crippen LogP contribution in [-0.4, -0.2) is 42.0 Å². The highest BCUT2D eigenvalue weighted by molar-refractivity contribution is 6.00. The summed E-state index contributed by atoms with van der Waals surface area (Å²) in [7, 11) is 0. The number of anilines is 1. The zero-order valence-corrected chi connectivity index (χ0v) is 15.8. The fourth-order valence-electron chi connectivity index (χ4n) is 2.58. The summed E-state index contributed by atoms with van der Waals surface area (Å²) in [4.78, 5) is 50.0. The van der Waals surface area contributed by atoms with E-state index in [1.807, 2.05) is 0 Å². The maximum Gasteiger partial charge on any atom is 0.355 e. The molecule has 0 saturated heterocycles. The monoisotopic (exact) mass is 387 g/mol. The van der Waals surface area contributed by atoms with Crippen LogP contribution in [0, 0.1) is 13.8 Å². The SMILES string of the molecule is CCOC(=O)c1[nH]c(C)c(C(=O)OCC(=O)Nc2ccc(C(N)=O)cc2)c1C. The lowest BCUT2D eigenvalue weighted by Crippen LogP contribution is -2.21. The minimum absolute atomic E-state index is 0.172. The highest BCUT2D eigenvalue weighted by Gasteiger charge is 2.24. The van der Waals surface area contributed by atoms with E-state index in [1.165, 1.54) is 24.3 Å². The molecule has 9 nitrogen and oxygen atoms in total. The van der Waals surface area contributed by atoms with Crippen LogP contribution < -0.4 is 11.1 Å². The van der Waals surface area contributed by atoms with E-state index < -0.39 is 30.4 Å². The van der Waals surface area contributed by atoms with Crippen molar-refractivity contribution in [1.29, 1.82) is 0 Å². The molecule has 0 fully saturated rings. The van der Waals surface area contributed by atoms with Gasteiger partial charge in [-0.1, -0.05) is 0 Å². The molecule has 0 unspecified atom stereocenters. The molecule has 1 aromatic carbocycles. The number of nitrogens with one attached hydrogen (secondary N) is 2. The number of rotatable bonds is 7. The third-order valence-corrected chi connectivity index (χ3v) is 3.91. The van der Waals surface area contributed by atoms with Crippen molar-refractivity contribution < 1.29 is 28.7 Å². The second kappa shape index (κ2) is 8.85. The largest absolute Gasteiger partial charge is 0.461 e. The fraction of sp³-hybridized carbons (Fsp3) is 0.263. The first-order valence-corrected chi connectivity index (χ1v) is 8.47. The van der Waals surface area contributed by atoms with Gasteiger partial charge in [0.15, 0.2) is 6.61 Å². The van der Waals surface area contributed by atoms with E-state index in [0.717, 1.165) is 0 Å². The zero-order chi connectivity index (χ0) is 20.8. The number of nitrogens with two attached hydrogens (primary N) is 1. The number of aromatic nitrogens is 1. The second-order valence-electron chi connectivity index (χ2n) is 5.91. The van der Waals surface area contributed by atoms with E-state index in [4.69, 9.17) is 15.2 Å². The van der Waals surface area contributed by atoms with Crippen LogP contribution in [0.1, 0.15) is 49.4 Å². The van der Waals surface area contributed by atoms with Crippen molar-refractivity contribution in [3.63, 3.8) is 0 Å². The summed E-state index contributed by atoms with van der Waals surface area (Å²) in [6, 6.07) is 5.94. The molecule has 0 radical (unpaired) electrons. The van der Waals surface area contributed by atoms with Crippen molar-refractivity contribution in [3.05, 3.63) is 52.3 Å². The maximum atomic E-state index is 12.3. The minimum Gasteiger partial charge on any atom is -0.461 e. The summed E-state index contributed by atoms with van der Waals surface area (Å²) in [6.45, 7) is 4.57. The van der Waals surface area contributed by atoms with E-state index in [9.17, 15) is 19.2 Å². The van der Waals surface area contributed by atoms with Gasteiger partial charge >= 0.3 is 11.9 Å². The molecule has 2 aromatic rings. The fourth-order valence-corrected chi connectivity index (χ4v) is 2.58. The first kappa shape index (κ1) is 20.7. The topological polar surface area (TPSA) is 141 Å². The molecular formula is C19H21N3O6. The Balaban J connectivity index is 1.99. The molecule has 0 aliphatic rings. The van der Waals surface area contributed by atoms with Gasteiger partial charge in [-0.25, -0.2) is 9.59 Å². The van der Waals surface area contributed by atoms with Crippen molar-refractivity contribution in [1.82, 2.24) is 4.98 Å². The standard InChI is InChI=1S/C19H21N3O6/c1-4-27-19(26)16-10(2)15(11(3)21-16)18(25)28-9-14(23)22-13-7-5-12(6-8-13)17(20)24/h5-8,21H,4,9H2,1-3H3,(H2,20,24)(H,22,23). The van der Waals surface area contributed by atoms with E-state index in [0.29, 0.717) is 22.5 Å². The van der Waals surface area contributed by atoms with Crippen molar-refractivity contribution in [3.8, 4) is 0 Å². The molecule has 2 rings (SSSR count). The van der Waals surface area contributed by atoms with Crippen LogP contribution in [-0.2, 0) is 14.3 Å². The third kappa shape index (κ3) is 4.76. The molecule has 0 aliphatic heterocycles. The summed E-state index contributed by atoms with van der Waals surface area (Å²) in [6.07, 6.45) is 0. The third-order valence-electron chi connectivity index (χ3n) is 3.91. The van der Waals surface area contributed by atoms with Gasteiger partial charge in [-0.05, 0) is 50.6 Å². The lowest BCUT2D eigenvalue weighted by molar-refractivity contribution is -0.119. The average Bonchev–Trinajstić information content (AvgIpc) is 2.95. The maximum absolute atomic E-state index is 12.3. The Labute approximate surface area is 161 Å². The van der Waals surface area contributed by atoms with Gasteiger partial charge in [0, 0.05) is 16.9 Å². The molecule has 148 valence electrons. The molecule has 4 N–H and O–H groups in total. The number of carbonyl (C=O) groups is 4. The second-order valence-corrected chi connectivity index (χ2v) is 5.91. The van der Waals surface area contributed by atoms with Crippen LogP contribution in [0.5, 0.6) is 0 Å². The van der Waals surface area contributed by atoms with Crippen LogP contribution in [0.3, 0.4) is 0 Å². The summed E-state index contributed by atoms with van der Waals surface area (Å²) in [5.74, 6) is -2.44. The van der Waals surface area contributed by atoms with Crippen molar-refractivity contribution in [2.45, 2.75) is 20.8 Å². The number of primary amides is 1. The first-order valence-electron chi connectivity index (χ1n) is 8.47. The molecule has 9 heteroatoms. The Hall–Kier alpha value is -3.62. The summed E-state index contributed by atoms with van der Waals surface area (Å²) >= 11 is 0. The summed E-state index contributed by atoms with van der Waals surface area (Å²) in [5, 5.41) is 2.53. The van der Waals surface area contributed by atoms with E-state index >= 15 is 0 Å². The van der Waals surface area contributed by atoms with E-state index in [1.54, 1.807) is 20.8 Å². The molecule has 28 heavy (non-hydrogen) atoms. The average molecular weight is 387 g/mol. The van der Waals surface area contributed by atoms with Gasteiger partial charge < -0.3 is 25.5 Å². The Kier molecular flexibility index (Phi) is 6.54. The normalized spacial score (nSPS) is 10.2. The highest BCUT2D eigenvalue weighted by Crippen LogP contribution is 2.20. The number of hydrogen-bond acceptors (Lipinski definition) is 6. The Morgan fingerprint density at radius 1 is 1.04 bits per heavy atom. The Morgan fingerprint density at radius 3 is 2.25 bits per heavy atom. The molecule has 0 saturated carbocycles. The molecule has 0 atom stereocenters. The molecule has 0 aliphatic carbocycles. The molecule has 0 spiro atoms. The van der Waals surface area contributed by atoms with Crippen LogP contribution in [0.15, 0.2) is 24.3 Å². The van der Waals surface area contributed by atoms with Gasteiger partial charge in [0.1, 0.15) is 5.69 Å². The van der Waals surface area contributed by atoms with Gasteiger partial charge in [-0.3, -0.25) is 9.59 Å². The van der Waals surface area contributed by atoms with Gasteiger partial charge in [0.05, 0.1) is 12.2 Å². The Morgan fingerprint density at radius 2 is 1.68 bits per heavy atom. The molecule has 2 amide bonds. The van der Waals surface area contributed by atoms with Gasteiger partial charge in [0.25, 0.3) is 5.91 Å². The number of ether oxygens (including phenoxy) is 2. The van der Waals surface area contributed by atoms with Crippen LogP contribution in [0.4, 0.5) is 5.69 Å². The van der Waals surface area contributed by atoms with E-state index in [-0.39, 0.29) is 17.9 Å². The number of benzene rings is 1. The number of carbonyl (C=O) groups excluding carboxylic acids is 4. The number of esters is 2. The molecule has 1 heterocycles. The minimum atomic E-state index is -0.735. The van der Waals surface area contributed by atoms with Gasteiger partial charge in [-0.15, -0.1) is 0 Å². The lowest BCUT2D eigenvalue weighted by Gasteiger charge is -2.07. The number of H-pyrrole nitrogens is 1. The predicted octanol–water partition coefficient (Wildman–Crippen LogP) is 1.70. The lowest BCUT2D eigenvalue weighted by atomic mass is 10.1.